The highest BCUT2D eigenvalue weighted by atomic mass is 35.5. The van der Waals surface area contributed by atoms with Crippen LogP contribution in [-0.4, -0.2) is 94.2 Å². The number of piperidine rings is 1. The Balaban J connectivity index is 1.13. The molecule has 3 aliphatic rings. The van der Waals surface area contributed by atoms with E-state index >= 15 is 0 Å². The molecule has 2 fully saturated rings. The second kappa shape index (κ2) is 19.2. The zero-order valence-corrected chi connectivity index (χ0v) is 37.5. The van der Waals surface area contributed by atoms with Crippen LogP contribution in [0.3, 0.4) is 0 Å². The van der Waals surface area contributed by atoms with Crippen LogP contribution in [-0.2, 0) is 40.0 Å². The van der Waals surface area contributed by atoms with Crippen molar-refractivity contribution in [2.24, 2.45) is 0 Å². The second-order valence-corrected chi connectivity index (χ2v) is 17.6. The number of alkyl halides is 3. The van der Waals surface area contributed by atoms with Crippen LogP contribution < -0.4 is 24.8 Å². The summed E-state index contributed by atoms with van der Waals surface area (Å²) in [5.41, 5.74) is 2.82. The topological polar surface area (TPSA) is 157 Å². The van der Waals surface area contributed by atoms with Gasteiger partial charge in [0.05, 0.1) is 37.2 Å². The molecule has 64 heavy (non-hydrogen) atoms. The molecule has 0 bridgehead atoms. The normalized spacial score (nSPS) is 17.8. The first-order chi connectivity index (χ1) is 30.4. The number of fused-ring (bicyclic) bond motifs is 1. The quantitative estimate of drug-likeness (QED) is 0.134. The second-order valence-electron chi connectivity index (χ2n) is 17.2. The molecule has 3 amide bonds. The number of likely N-dealkylation sites (tertiary alicyclic amines) is 1. The third-order valence-electron chi connectivity index (χ3n) is 11.7. The van der Waals surface area contributed by atoms with E-state index in [1.165, 1.54) is 14.2 Å². The smallest absolute Gasteiger partial charge is 0.421 e. The molecule has 2 saturated heterocycles. The fraction of sp³-hybridized carbons (Fsp3) is 0.478. The molecule has 0 spiro atoms. The predicted molar refractivity (Wildman–Crippen MR) is 232 cm³/mol. The molecule has 4 aromatic rings. The molecule has 0 radical (unpaired) electrons. The van der Waals surface area contributed by atoms with Gasteiger partial charge in [-0.25, -0.2) is 9.78 Å². The SMILES string of the molecule is COc1nc(-c2ccnc(-c3cccc4c3CC[C@@H]4Oc3nc(OC)c(CNC[C@@H]4CCC(=O)N4)cc3C(F)(F)F)c2Cl)ccc1CN(C(=O)OC(C)(C)C)C1CCN(C(C)=O)CC1. The van der Waals surface area contributed by atoms with E-state index < -0.39 is 35.4 Å². The number of benzene rings is 1. The molecule has 2 atom stereocenters. The van der Waals surface area contributed by atoms with E-state index in [1.807, 2.05) is 39.0 Å². The van der Waals surface area contributed by atoms with Gasteiger partial charge < -0.3 is 39.4 Å². The van der Waals surface area contributed by atoms with Crippen LogP contribution in [0.5, 0.6) is 17.6 Å². The van der Waals surface area contributed by atoms with Crippen molar-refractivity contribution in [2.45, 2.75) is 109 Å². The van der Waals surface area contributed by atoms with Gasteiger partial charge in [-0.2, -0.15) is 18.2 Å². The lowest BCUT2D eigenvalue weighted by atomic mass is 9.98. The number of carbonyl (C=O) groups excluding carboxylic acids is 3. The minimum Gasteiger partial charge on any atom is -0.481 e. The summed E-state index contributed by atoms with van der Waals surface area (Å²) in [7, 11) is 2.84. The Bertz CT molecular complexity index is 2390. The molecule has 7 rings (SSSR count). The molecule has 1 aromatic carbocycles. The average Bonchev–Trinajstić information content (AvgIpc) is 3.87. The fourth-order valence-corrected chi connectivity index (χ4v) is 8.82. The molecule has 0 unspecified atom stereocenters. The molecule has 0 saturated carbocycles. The van der Waals surface area contributed by atoms with Gasteiger partial charge in [0.2, 0.25) is 29.5 Å². The Morgan fingerprint density at radius 3 is 2.33 bits per heavy atom. The molecule has 14 nitrogen and oxygen atoms in total. The molecule has 2 aliphatic heterocycles. The Kier molecular flexibility index (Phi) is 13.9. The summed E-state index contributed by atoms with van der Waals surface area (Å²) >= 11 is 7.16. The number of methoxy groups -OCH3 is 2. The number of rotatable bonds is 13. The van der Waals surface area contributed by atoms with E-state index in [9.17, 15) is 27.6 Å². The van der Waals surface area contributed by atoms with Gasteiger partial charge in [-0.1, -0.05) is 29.8 Å². The lowest BCUT2D eigenvalue weighted by molar-refractivity contribution is -0.139. The highest BCUT2D eigenvalue weighted by Gasteiger charge is 2.39. The van der Waals surface area contributed by atoms with Crippen LogP contribution in [0.1, 0.15) is 93.7 Å². The van der Waals surface area contributed by atoms with Gasteiger partial charge in [0.25, 0.3) is 0 Å². The van der Waals surface area contributed by atoms with Crippen molar-refractivity contribution in [3.8, 4) is 40.2 Å². The lowest BCUT2D eigenvalue weighted by Gasteiger charge is -2.39. The first-order valence-corrected chi connectivity index (χ1v) is 21.7. The van der Waals surface area contributed by atoms with E-state index in [4.69, 9.17) is 35.5 Å². The Hall–Kier alpha value is -5.68. The molecule has 342 valence electrons. The monoisotopic (exact) mass is 907 g/mol. The first-order valence-electron chi connectivity index (χ1n) is 21.3. The summed E-state index contributed by atoms with van der Waals surface area (Å²) < 4.78 is 66.9. The number of amides is 3. The van der Waals surface area contributed by atoms with Gasteiger partial charge in [0.1, 0.15) is 17.3 Å². The Morgan fingerprint density at radius 2 is 1.67 bits per heavy atom. The lowest BCUT2D eigenvalue weighted by Crippen LogP contribution is -2.49. The van der Waals surface area contributed by atoms with Gasteiger partial charge in [-0.15, -0.1) is 0 Å². The van der Waals surface area contributed by atoms with Gasteiger partial charge >= 0.3 is 12.3 Å². The van der Waals surface area contributed by atoms with Crippen molar-refractivity contribution in [1.82, 2.24) is 35.4 Å². The first kappa shape index (κ1) is 46.3. The number of pyridine rings is 3. The maximum Gasteiger partial charge on any atom is 0.421 e. The van der Waals surface area contributed by atoms with Gasteiger partial charge in [0.15, 0.2) is 0 Å². The highest BCUT2D eigenvalue weighted by molar-refractivity contribution is 6.35. The minimum atomic E-state index is -4.77. The maximum absolute atomic E-state index is 14.6. The maximum atomic E-state index is 14.6. The van der Waals surface area contributed by atoms with Gasteiger partial charge in [-0.3, -0.25) is 14.6 Å². The predicted octanol–water partition coefficient (Wildman–Crippen LogP) is 8.08. The van der Waals surface area contributed by atoms with Crippen molar-refractivity contribution in [1.29, 1.82) is 0 Å². The minimum absolute atomic E-state index is 0.00390. The highest BCUT2D eigenvalue weighted by Crippen LogP contribution is 2.45. The summed E-state index contributed by atoms with van der Waals surface area (Å²) in [5, 5.41) is 6.25. The molecule has 1 aliphatic carbocycles. The number of hydrogen-bond acceptors (Lipinski definition) is 11. The van der Waals surface area contributed by atoms with E-state index in [0.29, 0.717) is 96.8 Å². The number of carbonyl (C=O) groups is 3. The number of hydrogen-bond donors (Lipinski definition) is 2. The molecular weight excluding hydrogens is 855 g/mol. The molecule has 3 aromatic heterocycles. The standard InChI is InChI=1S/C46H53ClF3N7O7/c1-26(58)56-20-17-30(18-21-56)57(44(60)64-45(2,3)4)25-27-10-13-36(54-41(27)61-5)34-16-19-52-40(39(34)47)33-9-7-8-32-31(33)12-14-37(32)63-43-35(46(48,49)50)22-28(42(55-43)62-6)23-51-24-29-11-15-38(59)53-29/h7-10,13,16,19,22,29-30,37,51H,11-12,14-15,17-18,20-21,23-25H2,1-6H3,(H,53,59)/t29-,37-/m0/s1. The van der Waals surface area contributed by atoms with E-state index in [0.717, 1.165) is 11.6 Å². The summed E-state index contributed by atoms with van der Waals surface area (Å²) in [4.78, 5) is 54.4. The molecule has 2 N–H and O–H groups in total. The number of nitrogens with one attached hydrogen (secondary N) is 2. The van der Waals surface area contributed by atoms with Crippen LogP contribution in [0.25, 0.3) is 22.5 Å². The van der Waals surface area contributed by atoms with E-state index in [1.54, 1.807) is 41.1 Å². The average molecular weight is 908 g/mol. The number of ether oxygens (including phenoxy) is 4. The number of aromatic nitrogens is 3. The van der Waals surface area contributed by atoms with Crippen LogP contribution in [0, 0.1) is 0 Å². The fourth-order valence-electron chi connectivity index (χ4n) is 8.51. The van der Waals surface area contributed by atoms with Crippen molar-refractivity contribution < 1.29 is 46.5 Å². The van der Waals surface area contributed by atoms with Crippen LogP contribution in [0.2, 0.25) is 5.02 Å². The number of nitrogens with zero attached hydrogens (tertiary/aromatic N) is 5. The Morgan fingerprint density at radius 1 is 0.938 bits per heavy atom. The van der Waals surface area contributed by atoms with Crippen molar-refractivity contribution in [3.05, 3.63) is 81.5 Å². The van der Waals surface area contributed by atoms with Crippen LogP contribution >= 0.6 is 11.6 Å². The van der Waals surface area contributed by atoms with Gasteiger partial charge in [0, 0.05) is 80.1 Å². The van der Waals surface area contributed by atoms with Crippen molar-refractivity contribution >= 4 is 29.5 Å². The number of halogens is 4. The third kappa shape index (κ3) is 10.5. The van der Waals surface area contributed by atoms with E-state index in [-0.39, 0.29) is 54.3 Å². The van der Waals surface area contributed by atoms with Crippen LogP contribution in [0.15, 0.2) is 48.7 Å². The largest absolute Gasteiger partial charge is 0.481 e. The zero-order valence-electron chi connectivity index (χ0n) is 36.7. The third-order valence-corrected chi connectivity index (χ3v) is 12.0. The van der Waals surface area contributed by atoms with E-state index in [2.05, 4.69) is 20.6 Å². The summed E-state index contributed by atoms with van der Waals surface area (Å²) in [5.74, 6) is -0.364. The molecule has 18 heteroatoms. The van der Waals surface area contributed by atoms with Crippen molar-refractivity contribution in [3.63, 3.8) is 0 Å². The molecular formula is C46H53ClF3N7O7. The van der Waals surface area contributed by atoms with Crippen LogP contribution in [0.4, 0.5) is 18.0 Å². The summed E-state index contributed by atoms with van der Waals surface area (Å²) in [6.07, 6.45) is -1.31. The van der Waals surface area contributed by atoms with Gasteiger partial charge in [-0.05, 0) is 88.3 Å². The van der Waals surface area contributed by atoms with Crippen molar-refractivity contribution in [2.75, 3.05) is 33.9 Å². The summed E-state index contributed by atoms with van der Waals surface area (Å²) in [6.45, 7) is 8.60. The molecule has 5 heterocycles. The Labute approximate surface area is 375 Å². The zero-order chi connectivity index (χ0) is 45.9. The summed E-state index contributed by atoms with van der Waals surface area (Å²) in [6, 6.07) is 11.6.